The molecule has 0 saturated carbocycles. The molecule has 3 heteroatoms. The topological polar surface area (TPSA) is 23.5 Å². The van der Waals surface area contributed by atoms with Crippen LogP contribution in [0.1, 0.15) is 12.0 Å². The first-order valence-corrected chi connectivity index (χ1v) is 6.42. The van der Waals surface area contributed by atoms with E-state index in [-0.39, 0.29) is 6.61 Å². The van der Waals surface area contributed by atoms with Gasteiger partial charge in [-0.15, -0.1) is 0 Å². The minimum Gasteiger partial charge on any atom is -0.395 e. The van der Waals surface area contributed by atoms with Crippen molar-refractivity contribution in [3.63, 3.8) is 0 Å². The number of nitrogens with zero attached hydrogens (tertiary/aromatic N) is 1. The highest BCUT2D eigenvalue weighted by atomic mass is 79.9. The lowest BCUT2D eigenvalue weighted by atomic mass is 10.2. The molecule has 1 aromatic carbocycles. The van der Waals surface area contributed by atoms with E-state index in [2.05, 4.69) is 45.1 Å². The van der Waals surface area contributed by atoms with E-state index in [1.54, 1.807) is 0 Å². The normalized spacial score (nSPS) is 10.9. The largest absolute Gasteiger partial charge is 0.395 e. The zero-order valence-corrected chi connectivity index (χ0v) is 10.5. The van der Waals surface area contributed by atoms with Crippen LogP contribution in [-0.4, -0.2) is 35.0 Å². The van der Waals surface area contributed by atoms with Gasteiger partial charge < -0.3 is 5.11 Å². The Labute approximate surface area is 100 Å². The summed E-state index contributed by atoms with van der Waals surface area (Å²) in [5.41, 5.74) is 1.31. The third-order valence-corrected chi connectivity index (χ3v) is 2.83. The van der Waals surface area contributed by atoms with E-state index in [9.17, 15) is 0 Å². The molecule has 2 nitrogen and oxygen atoms in total. The van der Waals surface area contributed by atoms with Gasteiger partial charge in [0, 0.05) is 18.4 Å². The van der Waals surface area contributed by atoms with Crippen molar-refractivity contribution >= 4 is 15.9 Å². The first-order chi connectivity index (χ1) is 7.36. The smallest absolute Gasteiger partial charge is 0.0558 e. The van der Waals surface area contributed by atoms with Crippen molar-refractivity contribution < 1.29 is 5.11 Å². The SMILES string of the molecule is OCCN(CCCBr)Cc1ccccc1. The molecule has 0 spiro atoms. The Kier molecular flexibility index (Phi) is 6.64. The molecule has 0 aromatic heterocycles. The van der Waals surface area contributed by atoms with Gasteiger partial charge in [-0.25, -0.2) is 0 Å². The zero-order chi connectivity index (χ0) is 10.9. The van der Waals surface area contributed by atoms with Crippen molar-refractivity contribution in [3.05, 3.63) is 35.9 Å². The van der Waals surface area contributed by atoms with Gasteiger partial charge in [-0.1, -0.05) is 46.3 Å². The molecule has 0 atom stereocenters. The number of halogens is 1. The first-order valence-electron chi connectivity index (χ1n) is 5.30. The monoisotopic (exact) mass is 271 g/mol. The van der Waals surface area contributed by atoms with Crippen LogP contribution in [0.2, 0.25) is 0 Å². The van der Waals surface area contributed by atoms with Gasteiger partial charge in [-0.2, -0.15) is 0 Å². The van der Waals surface area contributed by atoms with E-state index in [0.29, 0.717) is 0 Å². The molecule has 1 rings (SSSR count). The van der Waals surface area contributed by atoms with E-state index in [4.69, 9.17) is 5.11 Å². The molecule has 0 aliphatic rings. The second kappa shape index (κ2) is 7.85. The minimum absolute atomic E-state index is 0.231. The molecule has 0 aliphatic heterocycles. The van der Waals surface area contributed by atoms with Gasteiger partial charge in [0.25, 0.3) is 0 Å². The third-order valence-electron chi connectivity index (χ3n) is 2.27. The summed E-state index contributed by atoms with van der Waals surface area (Å²) >= 11 is 3.43. The molecule has 0 saturated heterocycles. The summed E-state index contributed by atoms with van der Waals surface area (Å²) in [6.07, 6.45) is 1.12. The van der Waals surface area contributed by atoms with Crippen molar-refractivity contribution in [1.82, 2.24) is 4.90 Å². The zero-order valence-electron chi connectivity index (χ0n) is 8.90. The van der Waals surface area contributed by atoms with E-state index >= 15 is 0 Å². The van der Waals surface area contributed by atoms with Gasteiger partial charge in [-0.3, -0.25) is 4.90 Å². The van der Waals surface area contributed by atoms with Gasteiger partial charge in [0.1, 0.15) is 0 Å². The van der Waals surface area contributed by atoms with Gasteiger partial charge >= 0.3 is 0 Å². The van der Waals surface area contributed by atoms with Crippen LogP contribution in [0.4, 0.5) is 0 Å². The van der Waals surface area contributed by atoms with Crippen molar-refractivity contribution in [2.75, 3.05) is 25.0 Å². The van der Waals surface area contributed by atoms with Crippen LogP contribution in [0.25, 0.3) is 0 Å². The summed E-state index contributed by atoms with van der Waals surface area (Å²) < 4.78 is 0. The summed E-state index contributed by atoms with van der Waals surface area (Å²) in [7, 11) is 0. The van der Waals surface area contributed by atoms with Crippen molar-refractivity contribution in [3.8, 4) is 0 Å². The molecule has 0 amide bonds. The van der Waals surface area contributed by atoms with Crippen LogP contribution in [0.15, 0.2) is 30.3 Å². The lowest BCUT2D eigenvalue weighted by Gasteiger charge is -2.20. The van der Waals surface area contributed by atoms with Gasteiger partial charge in [-0.05, 0) is 18.5 Å². The Morgan fingerprint density at radius 2 is 1.87 bits per heavy atom. The fourth-order valence-corrected chi connectivity index (χ4v) is 1.79. The number of alkyl halides is 1. The summed E-state index contributed by atoms with van der Waals surface area (Å²) in [5.74, 6) is 0. The van der Waals surface area contributed by atoms with Crippen molar-refractivity contribution in [1.29, 1.82) is 0 Å². The van der Waals surface area contributed by atoms with E-state index in [1.807, 2.05) is 6.07 Å². The van der Waals surface area contributed by atoms with Gasteiger partial charge in [0.2, 0.25) is 0 Å². The average Bonchev–Trinajstić information content (AvgIpc) is 2.28. The first kappa shape index (κ1) is 12.7. The molecule has 0 unspecified atom stereocenters. The second-order valence-electron chi connectivity index (χ2n) is 3.53. The number of rotatable bonds is 7. The number of aliphatic hydroxyl groups is 1. The molecule has 84 valence electrons. The number of hydrogen-bond donors (Lipinski definition) is 1. The van der Waals surface area contributed by atoms with Crippen LogP contribution >= 0.6 is 15.9 Å². The van der Waals surface area contributed by atoms with E-state index in [0.717, 1.165) is 31.4 Å². The molecule has 0 fully saturated rings. The fourth-order valence-electron chi connectivity index (χ4n) is 1.54. The predicted octanol–water partition coefficient (Wildman–Crippen LogP) is 2.27. The second-order valence-corrected chi connectivity index (χ2v) is 4.32. The Morgan fingerprint density at radius 1 is 1.13 bits per heavy atom. The summed E-state index contributed by atoms with van der Waals surface area (Å²) in [6.45, 7) is 2.94. The maximum Gasteiger partial charge on any atom is 0.0558 e. The molecule has 0 heterocycles. The lowest BCUT2D eigenvalue weighted by molar-refractivity contribution is 0.191. The summed E-state index contributed by atoms with van der Waals surface area (Å²) in [6, 6.07) is 10.4. The maximum absolute atomic E-state index is 8.96. The highest BCUT2D eigenvalue weighted by Crippen LogP contribution is 2.05. The van der Waals surface area contributed by atoms with Crippen molar-refractivity contribution in [2.45, 2.75) is 13.0 Å². The Bertz CT molecular complexity index is 253. The van der Waals surface area contributed by atoms with E-state index in [1.165, 1.54) is 5.56 Å². The number of hydrogen-bond acceptors (Lipinski definition) is 2. The molecule has 0 radical (unpaired) electrons. The fraction of sp³-hybridized carbons (Fsp3) is 0.500. The highest BCUT2D eigenvalue weighted by Gasteiger charge is 2.04. The summed E-state index contributed by atoms with van der Waals surface area (Å²) in [4.78, 5) is 2.27. The molecule has 1 aromatic rings. The molecule has 0 bridgehead atoms. The summed E-state index contributed by atoms with van der Waals surface area (Å²) in [5, 5.41) is 9.98. The predicted molar refractivity (Wildman–Crippen MR) is 67.2 cm³/mol. The Balaban J connectivity index is 2.43. The van der Waals surface area contributed by atoms with Crippen LogP contribution in [-0.2, 0) is 6.54 Å². The van der Waals surface area contributed by atoms with Crippen molar-refractivity contribution in [2.24, 2.45) is 0 Å². The van der Waals surface area contributed by atoms with Crippen LogP contribution < -0.4 is 0 Å². The van der Waals surface area contributed by atoms with Crippen LogP contribution in [0.5, 0.6) is 0 Å². The standard InChI is InChI=1S/C12H18BrNO/c13-7-4-8-14(9-10-15)11-12-5-2-1-3-6-12/h1-3,5-6,15H,4,7-11H2. The maximum atomic E-state index is 8.96. The van der Waals surface area contributed by atoms with Crippen LogP contribution in [0, 0.1) is 0 Å². The van der Waals surface area contributed by atoms with Gasteiger partial charge in [0.05, 0.1) is 6.61 Å². The Morgan fingerprint density at radius 3 is 2.47 bits per heavy atom. The minimum atomic E-state index is 0.231. The average molecular weight is 272 g/mol. The number of aliphatic hydroxyl groups excluding tert-OH is 1. The number of benzene rings is 1. The Hall–Kier alpha value is -0.380. The molecule has 1 N–H and O–H groups in total. The molecule has 0 aliphatic carbocycles. The highest BCUT2D eigenvalue weighted by molar-refractivity contribution is 9.09. The molecular formula is C12H18BrNO. The lowest BCUT2D eigenvalue weighted by Crippen LogP contribution is -2.27. The van der Waals surface area contributed by atoms with E-state index < -0.39 is 0 Å². The molecular weight excluding hydrogens is 254 g/mol. The van der Waals surface area contributed by atoms with Gasteiger partial charge in [0.15, 0.2) is 0 Å². The third kappa shape index (κ3) is 5.30. The molecule has 15 heavy (non-hydrogen) atoms. The van der Waals surface area contributed by atoms with Crippen LogP contribution in [0.3, 0.4) is 0 Å². The quantitative estimate of drug-likeness (QED) is 0.770.